The van der Waals surface area contributed by atoms with Gasteiger partial charge in [-0.15, -0.1) is 0 Å². The van der Waals surface area contributed by atoms with Gasteiger partial charge in [-0.25, -0.2) is 4.98 Å². The van der Waals surface area contributed by atoms with Gasteiger partial charge in [-0.05, 0) is 42.5 Å². The third kappa shape index (κ3) is 4.14. The molecule has 0 bridgehead atoms. The molecule has 4 rings (SSSR count). The predicted octanol–water partition coefficient (Wildman–Crippen LogP) is 3.40. The van der Waals surface area contributed by atoms with E-state index in [2.05, 4.69) is 28.1 Å². The number of pyridine rings is 1. The van der Waals surface area contributed by atoms with Gasteiger partial charge < -0.3 is 14.2 Å². The molecule has 6 nitrogen and oxygen atoms in total. The van der Waals surface area contributed by atoms with Crippen molar-refractivity contribution in [3.63, 3.8) is 0 Å². The quantitative estimate of drug-likeness (QED) is 0.465. The number of nitrogens with one attached hydrogen (secondary N) is 1. The van der Waals surface area contributed by atoms with E-state index < -0.39 is 0 Å². The molecule has 30 heavy (non-hydrogen) atoms. The number of allylic oxidation sites excluding steroid dienone is 1. The number of ether oxygens (including phenoxy) is 3. The summed E-state index contributed by atoms with van der Waals surface area (Å²) in [4.78, 5) is 18.6. The number of methoxy groups -OCH3 is 2. The van der Waals surface area contributed by atoms with E-state index in [0.717, 1.165) is 35.4 Å². The molecule has 2 aromatic carbocycles. The van der Waals surface area contributed by atoms with Crippen LogP contribution in [0.1, 0.15) is 15.9 Å². The average Bonchev–Trinajstić information content (AvgIpc) is 2.82. The Labute approximate surface area is 175 Å². The lowest BCUT2D eigenvalue weighted by atomic mass is 10.1. The van der Waals surface area contributed by atoms with E-state index in [-0.39, 0.29) is 5.78 Å². The molecule has 1 aliphatic rings. The van der Waals surface area contributed by atoms with Crippen LogP contribution in [-0.2, 0) is 4.74 Å². The second kappa shape index (κ2) is 8.97. The lowest BCUT2D eigenvalue weighted by Crippen LogP contribution is -2.40. The molecule has 0 spiro atoms. The summed E-state index contributed by atoms with van der Waals surface area (Å²) in [5.74, 6) is 2.02. The second-order valence-corrected chi connectivity index (χ2v) is 7.03. The lowest BCUT2D eigenvalue weighted by molar-refractivity contribution is -0.331. The standard InChI is InChI=1S/C24H24N2O4/c1-28-22-10-8-18(16-23(22)29-2)21(27)9-7-19-15-17-5-3-4-6-20(17)25-24(19)26-11-13-30-14-12-26/h3-10,15-16H,11-14H2,1-2H3/p+1/b9-7+. The van der Waals surface area contributed by atoms with Gasteiger partial charge in [-0.3, -0.25) is 9.69 Å². The van der Waals surface area contributed by atoms with E-state index in [9.17, 15) is 4.79 Å². The van der Waals surface area contributed by atoms with Crippen molar-refractivity contribution in [2.75, 3.05) is 45.4 Å². The molecule has 0 atom stereocenters. The van der Waals surface area contributed by atoms with Crippen molar-refractivity contribution in [3.8, 4) is 11.5 Å². The summed E-state index contributed by atoms with van der Waals surface area (Å²) in [5.41, 5.74) is 2.56. The molecule has 1 saturated heterocycles. The summed E-state index contributed by atoms with van der Waals surface area (Å²) in [5, 5.41) is 1.09. The number of para-hydroxylation sites is 1. The Bertz CT molecular complexity index is 1090. The highest BCUT2D eigenvalue weighted by Crippen LogP contribution is 2.28. The SMILES string of the molecule is COc1ccc(C(=O)/C=C/c2cc3ccccc3[nH+]c2N2CCOCC2)cc1OC. The minimum Gasteiger partial charge on any atom is -0.493 e. The van der Waals surface area contributed by atoms with Crippen LogP contribution < -0.4 is 19.4 Å². The smallest absolute Gasteiger partial charge is 0.282 e. The molecule has 0 unspecified atom stereocenters. The van der Waals surface area contributed by atoms with Crippen molar-refractivity contribution in [1.82, 2.24) is 0 Å². The molecular weight excluding hydrogens is 380 g/mol. The number of nitrogens with zero attached hydrogens (tertiary/aromatic N) is 1. The van der Waals surface area contributed by atoms with Gasteiger partial charge >= 0.3 is 0 Å². The number of carbonyl (C=O) groups is 1. The van der Waals surface area contributed by atoms with Crippen LogP contribution in [0.2, 0.25) is 0 Å². The molecule has 6 heteroatoms. The number of aromatic nitrogens is 1. The van der Waals surface area contributed by atoms with E-state index in [1.54, 1.807) is 38.5 Å². The molecule has 1 fully saturated rings. The summed E-state index contributed by atoms with van der Waals surface area (Å²) in [6, 6.07) is 15.4. The number of ketones is 1. The highest BCUT2D eigenvalue weighted by atomic mass is 16.5. The summed E-state index contributed by atoms with van der Waals surface area (Å²) >= 11 is 0. The monoisotopic (exact) mass is 405 g/mol. The third-order valence-electron chi connectivity index (χ3n) is 5.21. The number of rotatable bonds is 6. The van der Waals surface area contributed by atoms with Crippen molar-refractivity contribution in [3.05, 3.63) is 65.7 Å². The second-order valence-electron chi connectivity index (χ2n) is 7.03. The molecule has 0 aliphatic carbocycles. The average molecular weight is 405 g/mol. The molecule has 154 valence electrons. The van der Waals surface area contributed by atoms with E-state index in [0.29, 0.717) is 30.3 Å². The minimum atomic E-state index is -0.1000. The van der Waals surface area contributed by atoms with Crippen molar-refractivity contribution in [2.45, 2.75) is 0 Å². The number of carbonyl (C=O) groups excluding carboxylic acids is 1. The first-order valence-electron chi connectivity index (χ1n) is 9.92. The topological polar surface area (TPSA) is 62.1 Å². The molecule has 0 amide bonds. The largest absolute Gasteiger partial charge is 0.493 e. The van der Waals surface area contributed by atoms with Crippen LogP contribution >= 0.6 is 0 Å². The van der Waals surface area contributed by atoms with Gasteiger partial charge in [0.1, 0.15) is 18.6 Å². The fourth-order valence-corrected chi connectivity index (χ4v) is 3.60. The zero-order chi connectivity index (χ0) is 20.9. The van der Waals surface area contributed by atoms with Crippen molar-refractivity contribution >= 4 is 28.6 Å². The van der Waals surface area contributed by atoms with Gasteiger partial charge in [0.25, 0.3) is 5.82 Å². The van der Waals surface area contributed by atoms with Crippen LogP contribution in [0.5, 0.6) is 11.5 Å². The van der Waals surface area contributed by atoms with E-state index in [1.165, 1.54) is 0 Å². The normalized spacial score (nSPS) is 14.3. The van der Waals surface area contributed by atoms with Crippen LogP contribution in [0.4, 0.5) is 5.82 Å². The van der Waals surface area contributed by atoms with Gasteiger partial charge in [0.15, 0.2) is 17.3 Å². The van der Waals surface area contributed by atoms with Gasteiger partial charge in [0.05, 0.1) is 33.0 Å². The molecule has 0 radical (unpaired) electrons. The van der Waals surface area contributed by atoms with Crippen LogP contribution in [0.15, 0.2) is 54.6 Å². The highest BCUT2D eigenvalue weighted by Gasteiger charge is 2.23. The first-order valence-corrected chi connectivity index (χ1v) is 9.92. The highest BCUT2D eigenvalue weighted by molar-refractivity contribution is 6.07. The summed E-state index contributed by atoms with van der Waals surface area (Å²) < 4.78 is 16.1. The molecule has 3 aromatic rings. The van der Waals surface area contributed by atoms with Gasteiger partial charge in [0.2, 0.25) is 0 Å². The molecular formula is C24H25N2O4+. The lowest BCUT2D eigenvalue weighted by Gasteiger charge is -2.22. The number of morpholine rings is 1. The number of fused-ring (bicyclic) bond motifs is 1. The fourth-order valence-electron chi connectivity index (χ4n) is 3.60. The summed E-state index contributed by atoms with van der Waals surface area (Å²) in [6.45, 7) is 2.99. The molecule has 2 heterocycles. The number of hydrogen-bond acceptors (Lipinski definition) is 5. The third-order valence-corrected chi connectivity index (χ3v) is 5.21. The predicted molar refractivity (Wildman–Crippen MR) is 116 cm³/mol. The van der Waals surface area contributed by atoms with E-state index >= 15 is 0 Å². The van der Waals surface area contributed by atoms with Crippen LogP contribution in [0.25, 0.3) is 17.0 Å². The zero-order valence-electron chi connectivity index (χ0n) is 17.2. The zero-order valence-corrected chi connectivity index (χ0v) is 17.2. The molecule has 1 aromatic heterocycles. The van der Waals surface area contributed by atoms with E-state index in [1.807, 2.05) is 18.2 Å². The van der Waals surface area contributed by atoms with E-state index in [4.69, 9.17) is 14.2 Å². The Balaban J connectivity index is 1.68. The van der Waals surface area contributed by atoms with Gasteiger partial charge in [0, 0.05) is 10.9 Å². The number of anilines is 1. The van der Waals surface area contributed by atoms with Gasteiger partial charge in [-0.2, -0.15) is 0 Å². The Morgan fingerprint density at radius 3 is 2.57 bits per heavy atom. The number of aromatic amines is 1. The first kappa shape index (κ1) is 19.9. The Hall–Kier alpha value is -3.38. The summed E-state index contributed by atoms with van der Waals surface area (Å²) in [7, 11) is 3.13. The maximum atomic E-state index is 12.8. The molecule has 0 saturated carbocycles. The van der Waals surface area contributed by atoms with Crippen molar-refractivity contribution in [1.29, 1.82) is 0 Å². The maximum absolute atomic E-state index is 12.8. The minimum absolute atomic E-state index is 0.1000. The fraction of sp³-hybridized carbons (Fsp3) is 0.250. The molecule has 1 N–H and O–H groups in total. The van der Waals surface area contributed by atoms with Crippen molar-refractivity contribution in [2.24, 2.45) is 0 Å². The Kier molecular flexibility index (Phi) is 5.95. The Morgan fingerprint density at radius 1 is 1.03 bits per heavy atom. The number of hydrogen-bond donors (Lipinski definition) is 0. The number of benzene rings is 2. The maximum Gasteiger partial charge on any atom is 0.282 e. The van der Waals surface area contributed by atoms with Crippen LogP contribution in [-0.4, -0.2) is 46.3 Å². The van der Waals surface area contributed by atoms with Crippen LogP contribution in [0.3, 0.4) is 0 Å². The first-order chi connectivity index (χ1) is 14.7. The van der Waals surface area contributed by atoms with Crippen molar-refractivity contribution < 1.29 is 24.0 Å². The Morgan fingerprint density at radius 2 is 1.80 bits per heavy atom. The van der Waals surface area contributed by atoms with Gasteiger partial charge in [-0.1, -0.05) is 18.2 Å². The molecule has 1 aliphatic heterocycles. The summed E-state index contributed by atoms with van der Waals surface area (Å²) in [6.07, 6.45) is 3.47. The number of H-pyrrole nitrogens is 1. The van der Waals surface area contributed by atoms with Crippen LogP contribution in [0, 0.1) is 0 Å².